The summed E-state index contributed by atoms with van der Waals surface area (Å²) in [4.78, 5) is 0. The summed E-state index contributed by atoms with van der Waals surface area (Å²) in [6, 6.07) is 13.8. The van der Waals surface area contributed by atoms with E-state index in [0.29, 0.717) is 0 Å². The molecule has 2 aromatic rings. The maximum absolute atomic E-state index is 6.15. The summed E-state index contributed by atoms with van der Waals surface area (Å²) in [5.41, 5.74) is 5.07. The molecule has 0 spiro atoms. The molecule has 2 rings (SSSR count). The molecule has 0 saturated heterocycles. The second-order valence-electron chi connectivity index (χ2n) is 4.22. The maximum Gasteiger partial charge on any atom is 0.0542 e. The van der Waals surface area contributed by atoms with Gasteiger partial charge < -0.3 is 0 Å². The van der Waals surface area contributed by atoms with Crippen molar-refractivity contribution in [3.63, 3.8) is 0 Å². The standard InChI is InChI=1S/C14H13Cl2IN2/c15-11-4-1-9(2-5-11)7-14(19-18)10-3-6-13(17)12(16)8-10/h1-6,8,14,19H,7,18H2. The fourth-order valence-corrected chi connectivity index (χ4v) is 2.51. The molecule has 3 N–H and O–H groups in total. The zero-order valence-electron chi connectivity index (χ0n) is 10.0. The highest BCUT2D eigenvalue weighted by Gasteiger charge is 2.12. The molecule has 0 saturated carbocycles. The van der Waals surface area contributed by atoms with E-state index in [1.165, 1.54) is 5.56 Å². The molecule has 2 nitrogen and oxygen atoms in total. The molecule has 0 radical (unpaired) electrons. The molecular weight excluding hydrogens is 394 g/mol. The minimum Gasteiger partial charge on any atom is -0.271 e. The molecule has 0 amide bonds. The van der Waals surface area contributed by atoms with Crippen molar-refractivity contribution in [3.8, 4) is 0 Å². The molecule has 0 fully saturated rings. The number of nitrogens with two attached hydrogens (primary N) is 1. The summed E-state index contributed by atoms with van der Waals surface area (Å²) in [7, 11) is 0. The quantitative estimate of drug-likeness (QED) is 0.450. The smallest absolute Gasteiger partial charge is 0.0542 e. The lowest BCUT2D eigenvalue weighted by Crippen LogP contribution is -2.29. The van der Waals surface area contributed by atoms with E-state index < -0.39 is 0 Å². The SMILES string of the molecule is NNC(Cc1ccc(Cl)cc1)c1ccc(I)c(Cl)c1. The summed E-state index contributed by atoms with van der Waals surface area (Å²) in [6.45, 7) is 0. The van der Waals surface area contributed by atoms with Crippen molar-refractivity contribution in [1.29, 1.82) is 0 Å². The Labute approximate surface area is 136 Å². The summed E-state index contributed by atoms with van der Waals surface area (Å²) >= 11 is 14.2. The van der Waals surface area contributed by atoms with Crippen LogP contribution in [-0.2, 0) is 6.42 Å². The second-order valence-corrected chi connectivity index (χ2v) is 6.23. The lowest BCUT2D eigenvalue weighted by molar-refractivity contribution is 0.552. The van der Waals surface area contributed by atoms with Crippen LogP contribution in [-0.4, -0.2) is 0 Å². The number of rotatable bonds is 4. The zero-order valence-corrected chi connectivity index (χ0v) is 13.7. The number of nitrogens with one attached hydrogen (secondary N) is 1. The average molecular weight is 407 g/mol. The van der Waals surface area contributed by atoms with Gasteiger partial charge in [-0.1, -0.05) is 41.4 Å². The van der Waals surface area contributed by atoms with E-state index in [1.807, 2.05) is 42.5 Å². The minimum absolute atomic E-state index is 0.0238. The first-order valence-electron chi connectivity index (χ1n) is 5.75. The van der Waals surface area contributed by atoms with Gasteiger partial charge in [0.1, 0.15) is 0 Å². The van der Waals surface area contributed by atoms with Crippen LogP contribution in [0.5, 0.6) is 0 Å². The first kappa shape index (κ1) is 15.1. The van der Waals surface area contributed by atoms with Crippen molar-refractivity contribution in [2.75, 3.05) is 0 Å². The number of hydrogen-bond acceptors (Lipinski definition) is 2. The highest BCUT2D eigenvalue weighted by Crippen LogP contribution is 2.25. The topological polar surface area (TPSA) is 38.0 Å². The molecule has 1 unspecified atom stereocenters. The Balaban J connectivity index is 2.19. The molecule has 2 aromatic carbocycles. The molecule has 0 heterocycles. The molecule has 100 valence electrons. The van der Waals surface area contributed by atoms with Gasteiger partial charge in [0.05, 0.1) is 11.1 Å². The molecule has 19 heavy (non-hydrogen) atoms. The van der Waals surface area contributed by atoms with Crippen LogP contribution in [0.2, 0.25) is 10.0 Å². The Morgan fingerprint density at radius 2 is 1.79 bits per heavy atom. The van der Waals surface area contributed by atoms with Gasteiger partial charge in [0.2, 0.25) is 0 Å². The van der Waals surface area contributed by atoms with Crippen molar-refractivity contribution in [2.24, 2.45) is 5.84 Å². The lowest BCUT2D eigenvalue weighted by Gasteiger charge is -2.17. The van der Waals surface area contributed by atoms with Gasteiger partial charge in [-0.3, -0.25) is 11.3 Å². The maximum atomic E-state index is 6.15. The first-order chi connectivity index (χ1) is 9.10. The van der Waals surface area contributed by atoms with Gasteiger partial charge in [0.25, 0.3) is 0 Å². The fraction of sp³-hybridized carbons (Fsp3) is 0.143. The van der Waals surface area contributed by atoms with Crippen molar-refractivity contribution in [1.82, 2.24) is 5.43 Å². The summed E-state index contributed by atoms with van der Waals surface area (Å²) in [5, 5.41) is 1.48. The lowest BCUT2D eigenvalue weighted by atomic mass is 9.99. The number of halogens is 3. The minimum atomic E-state index is 0.0238. The van der Waals surface area contributed by atoms with E-state index in [9.17, 15) is 0 Å². The average Bonchev–Trinajstić information content (AvgIpc) is 2.41. The zero-order chi connectivity index (χ0) is 13.8. The first-order valence-corrected chi connectivity index (χ1v) is 7.59. The predicted octanol–water partition coefficient (Wildman–Crippen LogP) is 4.35. The Kier molecular flexibility index (Phi) is 5.47. The van der Waals surface area contributed by atoms with E-state index in [0.717, 1.165) is 25.6 Å². The molecule has 5 heteroatoms. The molecular formula is C14H13Cl2IN2. The van der Waals surface area contributed by atoms with Crippen LogP contribution in [0.4, 0.5) is 0 Å². The third kappa shape index (κ3) is 4.07. The Morgan fingerprint density at radius 3 is 2.37 bits per heavy atom. The van der Waals surface area contributed by atoms with Crippen LogP contribution in [0, 0.1) is 3.57 Å². The Hall–Kier alpha value is -0.330. The van der Waals surface area contributed by atoms with Crippen LogP contribution in [0.1, 0.15) is 17.2 Å². The van der Waals surface area contributed by atoms with Gasteiger partial charge in [-0.05, 0) is 64.4 Å². The van der Waals surface area contributed by atoms with Gasteiger partial charge in [-0.15, -0.1) is 0 Å². The largest absolute Gasteiger partial charge is 0.271 e. The number of benzene rings is 2. The molecule has 0 aliphatic carbocycles. The summed E-state index contributed by atoms with van der Waals surface area (Å²) in [5.74, 6) is 5.65. The van der Waals surface area contributed by atoms with Gasteiger partial charge >= 0.3 is 0 Å². The van der Waals surface area contributed by atoms with Crippen LogP contribution in [0.3, 0.4) is 0 Å². The van der Waals surface area contributed by atoms with Crippen molar-refractivity contribution in [2.45, 2.75) is 12.5 Å². The Morgan fingerprint density at radius 1 is 1.11 bits per heavy atom. The van der Waals surface area contributed by atoms with E-state index in [4.69, 9.17) is 29.0 Å². The molecule has 0 aliphatic heterocycles. The van der Waals surface area contributed by atoms with Crippen molar-refractivity contribution < 1.29 is 0 Å². The number of hydrogen-bond donors (Lipinski definition) is 2. The third-order valence-electron chi connectivity index (χ3n) is 2.90. The predicted molar refractivity (Wildman–Crippen MR) is 89.4 cm³/mol. The van der Waals surface area contributed by atoms with Crippen molar-refractivity contribution >= 4 is 45.8 Å². The second kappa shape index (κ2) is 6.90. The molecule has 0 aromatic heterocycles. The monoisotopic (exact) mass is 406 g/mol. The van der Waals surface area contributed by atoms with E-state index in [2.05, 4.69) is 28.0 Å². The van der Waals surface area contributed by atoms with Crippen molar-refractivity contribution in [3.05, 3.63) is 67.2 Å². The van der Waals surface area contributed by atoms with Crippen LogP contribution >= 0.6 is 45.8 Å². The summed E-state index contributed by atoms with van der Waals surface area (Å²) in [6.07, 6.45) is 0.782. The fourth-order valence-electron chi connectivity index (χ4n) is 1.86. The Bertz CT molecular complexity index is 558. The third-order valence-corrected chi connectivity index (χ3v) is 4.72. The van der Waals surface area contributed by atoms with Gasteiger partial charge in [0, 0.05) is 8.59 Å². The van der Waals surface area contributed by atoms with Gasteiger partial charge in [-0.2, -0.15) is 0 Å². The van der Waals surface area contributed by atoms with Crippen LogP contribution in [0.15, 0.2) is 42.5 Å². The molecule has 0 aliphatic rings. The van der Waals surface area contributed by atoms with Gasteiger partial charge in [0.15, 0.2) is 0 Å². The highest BCUT2D eigenvalue weighted by molar-refractivity contribution is 14.1. The van der Waals surface area contributed by atoms with E-state index in [1.54, 1.807) is 0 Å². The van der Waals surface area contributed by atoms with E-state index >= 15 is 0 Å². The van der Waals surface area contributed by atoms with Crippen LogP contribution in [0.25, 0.3) is 0 Å². The molecule has 1 atom stereocenters. The normalized spacial score (nSPS) is 12.4. The van der Waals surface area contributed by atoms with Crippen LogP contribution < -0.4 is 11.3 Å². The molecule has 0 bridgehead atoms. The summed E-state index contributed by atoms with van der Waals surface area (Å²) < 4.78 is 1.03. The van der Waals surface area contributed by atoms with E-state index in [-0.39, 0.29) is 6.04 Å². The van der Waals surface area contributed by atoms with Gasteiger partial charge in [-0.25, -0.2) is 0 Å². The highest BCUT2D eigenvalue weighted by atomic mass is 127. The number of hydrazine groups is 1.